The summed E-state index contributed by atoms with van der Waals surface area (Å²) < 4.78 is 7.35. The smallest absolute Gasteiger partial charge is 0.255 e. The monoisotopic (exact) mass is 358 g/mol. The van der Waals surface area contributed by atoms with Gasteiger partial charge >= 0.3 is 0 Å². The van der Waals surface area contributed by atoms with Crippen molar-refractivity contribution in [1.29, 1.82) is 0 Å². The summed E-state index contributed by atoms with van der Waals surface area (Å²) >= 11 is 0. The van der Waals surface area contributed by atoms with E-state index in [0.717, 1.165) is 22.5 Å². The van der Waals surface area contributed by atoms with Crippen LogP contribution in [0.25, 0.3) is 16.7 Å². The fourth-order valence-electron chi connectivity index (χ4n) is 2.85. The lowest BCUT2D eigenvalue weighted by Crippen LogP contribution is -2.12. The molecule has 3 aromatic heterocycles. The molecule has 6 heteroatoms. The van der Waals surface area contributed by atoms with Crippen LogP contribution in [0, 0.1) is 0 Å². The number of carbonyl (C=O) groups is 1. The van der Waals surface area contributed by atoms with Gasteiger partial charge in [-0.15, -0.1) is 0 Å². The van der Waals surface area contributed by atoms with E-state index in [4.69, 9.17) is 4.74 Å². The maximum Gasteiger partial charge on any atom is 0.255 e. The molecule has 3 heterocycles. The van der Waals surface area contributed by atoms with Gasteiger partial charge in [0.15, 0.2) is 0 Å². The lowest BCUT2D eigenvalue weighted by atomic mass is 10.2. The number of hydrogen-bond donors (Lipinski definition) is 1. The number of hydrogen-bond acceptors (Lipinski definition) is 4. The number of benzene rings is 1. The number of pyridine rings is 2. The molecule has 0 saturated heterocycles. The summed E-state index contributed by atoms with van der Waals surface area (Å²) in [7, 11) is 0. The molecule has 0 aliphatic heterocycles. The molecule has 0 saturated carbocycles. The topological polar surface area (TPSA) is 69.0 Å². The number of carbonyl (C=O) groups excluding carboxylic acids is 1. The van der Waals surface area contributed by atoms with Crippen LogP contribution >= 0.6 is 0 Å². The number of nitrogens with zero attached hydrogens (tertiary/aromatic N) is 3. The normalized spacial score (nSPS) is 10.7. The Balaban J connectivity index is 1.50. The van der Waals surface area contributed by atoms with Crippen LogP contribution in [0.4, 0.5) is 5.69 Å². The van der Waals surface area contributed by atoms with Gasteiger partial charge in [-0.3, -0.25) is 14.3 Å². The average molecular weight is 358 g/mol. The van der Waals surface area contributed by atoms with E-state index in [9.17, 15) is 4.79 Å². The molecule has 0 spiro atoms. The van der Waals surface area contributed by atoms with Gasteiger partial charge in [0.2, 0.25) is 0 Å². The standard InChI is InChI=1S/C21H18N4O2/c1-2-27-18-6-3-16(4-7-18)21(26)24-17-5-8-20(23-13-17)25-12-10-15-9-11-22-14-19(15)25/h3-14H,2H2,1H3,(H,24,26). The summed E-state index contributed by atoms with van der Waals surface area (Å²) in [5, 5.41) is 3.95. The molecule has 4 rings (SSSR count). The summed E-state index contributed by atoms with van der Waals surface area (Å²) in [6.07, 6.45) is 7.16. The van der Waals surface area contributed by atoms with Crippen LogP contribution in [0.2, 0.25) is 0 Å². The number of nitrogens with one attached hydrogen (secondary N) is 1. The molecule has 0 aliphatic carbocycles. The van der Waals surface area contributed by atoms with Gasteiger partial charge in [-0.05, 0) is 55.5 Å². The van der Waals surface area contributed by atoms with Crippen LogP contribution in [0.3, 0.4) is 0 Å². The Bertz CT molecular complexity index is 1070. The highest BCUT2D eigenvalue weighted by molar-refractivity contribution is 6.04. The second-order valence-corrected chi connectivity index (χ2v) is 5.94. The zero-order chi connectivity index (χ0) is 18.6. The third kappa shape index (κ3) is 3.50. The summed E-state index contributed by atoms with van der Waals surface area (Å²) in [6.45, 7) is 2.51. The van der Waals surface area contributed by atoms with Crippen LogP contribution in [-0.2, 0) is 0 Å². The molecule has 27 heavy (non-hydrogen) atoms. The summed E-state index contributed by atoms with van der Waals surface area (Å²) in [6, 6.07) is 14.7. The molecule has 4 aromatic rings. The summed E-state index contributed by atoms with van der Waals surface area (Å²) in [4.78, 5) is 21.0. The number of fused-ring (bicyclic) bond motifs is 1. The molecule has 134 valence electrons. The maximum absolute atomic E-state index is 12.4. The Kier molecular flexibility index (Phi) is 4.53. The zero-order valence-corrected chi connectivity index (χ0v) is 14.8. The van der Waals surface area contributed by atoms with Crippen molar-refractivity contribution >= 4 is 22.5 Å². The van der Waals surface area contributed by atoms with E-state index in [2.05, 4.69) is 15.3 Å². The molecule has 1 aromatic carbocycles. The van der Waals surface area contributed by atoms with E-state index in [0.29, 0.717) is 17.9 Å². The van der Waals surface area contributed by atoms with Crippen LogP contribution in [-0.4, -0.2) is 27.0 Å². The number of ether oxygens (including phenoxy) is 1. The maximum atomic E-state index is 12.4. The minimum absolute atomic E-state index is 0.191. The average Bonchev–Trinajstić information content (AvgIpc) is 3.13. The molecule has 0 radical (unpaired) electrons. The van der Waals surface area contributed by atoms with E-state index in [1.54, 1.807) is 42.9 Å². The van der Waals surface area contributed by atoms with Crippen molar-refractivity contribution in [2.45, 2.75) is 6.92 Å². The SMILES string of the molecule is CCOc1ccc(C(=O)Nc2ccc(-n3ccc4ccncc43)nc2)cc1. The first-order valence-corrected chi connectivity index (χ1v) is 8.66. The molecule has 0 aliphatic rings. The number of aromatic nitrogens is 3. The van der Waals surface area contributed by atoms with Gasteiger partial charge in [-0.2, -0.15) is 0 Å². The van der Waals surface area contributed by atoms with Crippen molar-refractivity contribution in [3.05, 3.63) is 78.9 Å². The second-order valence-electron chi connectivity index (χ2n) is 5.94. The van der Waals surface area contributed by atoms with Gasteiger partial charge in [0.05, 0.1) is 30.2 Å². The molecule has 0 fully saturated rings. The van der Waals surface area contributed by atoms with Crippen molar-refractivity contribution in [3.63, 3.8) is 0 Å². The van der Waals surface area contributed by atoms with E-state index in [1.165, 1.54) is 0 Å². The van der Waals surface area contributed by atoms with Gasteiger partial charge in [-0.25, -0.2) is 4.98 Å². The summed E-state index contributed by atoms with van der Waals surface area (Å²) in [5.74, 6) is 1.31. The van der Waals surface area contributed by atoms with Crippen molar-refractivity contribution in [2.75, 3.05) is 11.9 Å². The number of amides is 1. The minimum Gasteiger partial charge on any atom is -0.494 e. The minimum atomic E-state index is -0.191. The summed E-state index contributed by atoms with van der Waals surface area (Å²) in [5.41, 5.74) is 2.17. The fraction of sp³-hybridized carbons (Fsp3) is 0.0952. The van der Waals surface area contributed by atoms with Crippen LogP contribution in [0.5, 0.6) is 5.75 Å². The molecular formula is C21H18N4O2. The Morgan fingerprint density at radius 2 is 1.93 bits per heavy atom. The first-order valence-electron chi connectivity index (χ1n) is 8.66. The van der Waals surface area contributed by atoms with Gasteiger partial charge in [-0.1, -0.05) is 0 Å². The van der Waals surface area contributed by atoms with E-state index < -0.39 is 0 Å². The molecule has 0 bridgehead atoms. The Morgan fingerprint density at radius 1 is 1.07 bits per heavy atom. The molecule has 1 amide bonds. The van der Waals surface area contributed by atoms with Crippen LogP contribution in [0.15, 0.2) is 73.3 Å². The zero-order valence-electron chi connectivity index (χ0n) is 14.8. The highest BCUT2D eigenvalue weighted by Gasteiger charge is 2.08. The quantitative estimate of drug-likeness (QED) is 0.584. The van der Waals surface area contributed by atoms with Crippen LogP contribution < -0.4 is 10.1 Å². The van der Waals surface area contributed by atoms with E-state index >= 15 is 0 Å². The van der Waals surface area contributed by atoms with Gasteiger partial charge < -0.3 is 10.1 Å². The van der Waals surface area contributed by atoms with Crippen molar-refractivity contribution in [3.8, 4) is 11.6 Å². The Morgan fingerprint density at radius 3 is 2.67 bits per heavy atom. The third-order valence-corrected chi connectivity index (χ3v) is 4.18. The first kappa shape index (κ1) is 16.8. The Hall–Kier alpha value is -3.67. The van der Waals surface area contributed by atoms with E-state index in [-0.39, 0.29) is 5.91 Å². The predicted octanol–water partition coefficient (Wildman–Crippen LogP) is 4.07. The third-order valence-electron chi connectivity index (χ3n) is 4.18. The highest BCUT2D eigenvalue weighted by atomic mass is 16.5. The Labute approximate surface area is 156 Å². The first-order chi connectivity index (χ1) is 13.2. The van der Waals surface area contributed by atoms with Crippen LogP contribution in [0.1, 0.15) is 17.3 Å². The number of anilines is 1. The fourth-order valence-corrected chi connectivity index (χ4v) is 2.85. The van der Waals surface area contributed by atoms with Gasteiger partial charge in [0.1, 0.15) is 11.6 Å². The lowest BCUT2D eigenvalue weighted by molar-refractivity contribution is 0.102. The van der Waals surface area contributed by atoms with Gasteiger partial charge in [0, 0.05) is 23.3 Å². The number of rotatable bonds is 5. The molecule has 0 atom stereocenters. The van der Waals surface area contributed by atoms with Crippen molar-refractivity contribution < 1.29 is 9.53 Å². The molecule has 0 unspecified atom stereocenters. The second kappa shape index (κ2) is 7.29. The highest BCUT2D eigenvalue weighted by Crippen LogP contribution is 2.19. The van der Waals surface area contributed by atoms with E-state index in [1.807, 2.05) is 42.0 Å². The molecule has 6 nitrogen and oxygen atoms in total. The molecule has 1 N–H and O–H groups in total. The molecular weight excluding hydrogens is 340 g/mol. The predicted molar refractivity (Wildman–Crippen MR) is 104 cm³/mol. The van der Waals surface area contributed by atoms with Crippen molar-refractivity contribution in [2.24, 2.45) is 0 Å². The van der Waals surface area contributed by atoms with Gasteiger partial charge in [0.25, 0.3) is 5.91 Å². The largest absolute Gasteiger partial charge is 0.494 e. The van der Waals surface area contributed by atoms with Crippen molar-refractivity contribution in [1.82, 2.24) is 14.5 Å². The lowest BCUT2D eigenvalue weighted by Gasteiger charge is -2.08.